The number of amides is 1. The number of hydrogen-bond acceptors (Lipinski definition) is 3. The Hall–Kier alpha value is -3.13. The van der Waals surface area contributed by atoms with Crippen molar-refractivity contribution in [3.05, 3.63) is 77.9 Å². The number of sulfonamides is 1. The molecule has 2 heterocycles. The van der Waals surface area contributed by atoms with Gasteiger partial charge in [0.25, 0.3) is 15.9 Å². The Morgan fingerprint density at radius 3 is 2.68 bits per heavy atom. The zero-order chi connectivity index (χ0) is 19.9. The molecule has 0 saturated carbocycles. The summed E-state index contributed by atoms with van der Waals surface area (Å²) in [7, 11) is -2.20. The molecule has 8 heteroatoms. The first-order chi connectivity index (χ1) is 13.4. The summed E-state index contributed by atoms with van der Waals surface area (Å²) < 4.78 is 42.4. The Labute approximate surface area is 162 Å². The van der Waals surface area contributed by atoms with Gasteiger partial charge in [-0.25, -0.2) is 12.8 Å². The van der Waals surface area contributed by atoms with Gasteiger partial charge in [-0.3, -0.25) is 9.10 Å². The maximum atomic E-state index is 13.3. The standard InChI is InChI=1S/C20H18FN3O3S/c1-23-13-17(12-19(23)20(25)22-16-7-4-6-15(21)11-16)28(26,27)24-10-9-14-5-2-3-8-18(14)24/h2-8,11-13H,9-10H2,1H3,(H,22,25). The molecule has 0 fully saturated rings. The minimum atomic E-state index is -3.79. The van der Waals surface area contributed by atoms with E-state index in [4.69, 9.17) is 0 Å². The van der Waals surface area contributed by atoms with Crippen LogP contribution in [0.2, 0.25) is 0 Å². The number of anilines is 2. The molecule has 144 valence electrons. The minimum Gasteiger partial charge on any atom is -0.345 e. The Bertz CT molecular complexity index is 1170. The van der Waals surface area contributed by atoms with Crippen LogP contribution < -0.4 is 9.62 Å². The molecule has 0 radical (unpaired) electrons. The Balaban J connectivity index is 1.63. The number of halogens is 1. The van der Waals surface area contributed by atoms with Crippen molar-refractivity contribution in [1.29, 1.82) is 0 Å². The first-order valence-corrected chi connectivity index (χ1v) is 10.1. The molecular weight excluding hydrogens is 381 g/mol. The lowest BCUT2D eigenvalue weighted by atomic mass is 10.2. The van der Waals surface area contributed by atoms with E-state index in [1.807, 2.05) is 12.1 Å². The average molecular weight is 399 g/mol. The number of carbonyl (C=O) groups is 1. The minimum absolute atomic E-state index is 0.0381. The summed E-state index contributed by atoms with van der Waals surface area (Å²) in [5.74, 6) is -0.989. The van der Waals surface area contributed by atoms with Crippen molar-refractivity contribution >= 4 is 27.3 Å². The number of para-hydroxylation sites is 1. The van der Waals surface area contributed by atoms with Crippen LogP contribution in [0.4, 0.5) is 15.8 Å². The van der Waals surface area contributed by atoms with Crippen LogP contribution in [0.3, 0.4) is 0 Å². The normalized spacial score (nSPS) is 13.4. The summed E-state index contributed by atoms with van der Waals surface area (Å²) in [5.41, 5.74) is 2.10. The van der Waals surface area contributed by atoms with Crippen molar-refractivity contribution in [3.63, 3.8) is 0 Å². The van der Waals surface area contributed by atoms with Gasteiger partial charge in [0.2, 0.25) is 0 Å². The van der Waals surface area contributed by atoms with E-state index in [1.54, 1.807) is 25.2 Å². The molecule has 28 heavy (non-hydrogen) atoms. The lowest BCUT2D eigenvalue weighted by Crippen LogP contribution is -2.28. The molecule has 0 aliphatic carbocycles. The van der Waals surface area contributed by atoms with Gasteiger partial charge in [-0.1, -0.05) is 24.3 Å². The van der Waals surface area contributed by atoms with E-state index in [9.17, 15) is 17.6 Å². The number of hydrogen-bond donors (Lipinski definition) is 1. The maximum absolute atomic E-state index is 13.3. The Morgan fingerprint density at radius 2 is 1.89 bits per heavy atom. The van der Waals surface area contributed by atoms with Gasteiger partial charge in [0.1, 0.15) is 16.4 Å². The largest absolute Gasteiger partial charge is 0.345 e. The fourth-order valence-electron chi connectivity index (χ4n) is 3.35. The fraction of sp³-hybridized carbons (Fsp3) is 0.150. The summed E-state index contributed by atoms with van der Waals surface area (Å²) in [6, 6.07) is 14.2. The number of rotatable bonds is 4. The predicted molar refractivity (Wildman–Crippen MR) is 104 cm³/mol. The van der Waals surface area contributed by atoms with E-state index in [2.05, 4.69) is 5.32 Å². The topological polar surface area (TPSA) is 71.4 Å². The van der Waals surface area contributed by atoms with E-state index < -0.39 is 21.7 Å². The van der Waals surface area contributed by atoms with Gasteiger partial charge in [0.05, 0.1) is 5.69 Å². The van der Waals surface area contributed by atoms with Gasteiger partial charge in [-0.15, -0.1) is 0 Å². The first kappa shape index (κ1) is 18.2. The zero-order valence-electron chi connectivity index (χ0n) is 15.1. The number of nitrogens with one attached hydrogen (secondary N) is 1. The summed E-state index contributed by atoms with van der Waals surface area (Å²) in [6.45, 7) is 0.362. The van der Waals surface area contributed by atoms with E-state index in [0.29, 0.717) is 24.3 Å². The van der Waals surface area contributed by atoms with Gasteiger partial charge in [-0.2, -0.15) is 0 Å². The molecule has 1 N–H and O–H groups in total. The lowest BCUT2D eigenvalue weighted by molar-refractivity contribution is 0.101. The molecule has 0 bridgehead atoms. The van der Waals surface area contributed by atoms with Crippen molar-refractivity contribution in [2.24, 2.45) is 7.05 Å². The van der Waals surface area contributed by atoms with Gasteiger partial charge < -0.3 is 9.88 Å². The first-order valence-electron chi connectivity index (χ1n) is 8.70. The highest BCUT2D eigenvalue weighted by molar-refractivity contribution is 7.92. The molecule has 1 aliphatic heterocycles. The van der Waals surface area contributed by atoms with Crippen LogP contribution in [0.25, 0.3) is 0 Å². The van der Waals surface area contributed by atoms with Gasteiger partial charge in [-0.05, 0) is 42.3 Å². The SMILES string of the molecule is Cn1cc(S(=O)(=O)N2CCc3ccccc32)cc1C(=O)Nc1cccc(F)c1. The summed E-state index contributed by atoms with van der Waals surface area (Å²) in [6.07, 6.45) is 2.06. The lowest BCUT2D eigenvalue weighted by Gasteiger charge is -2.18. The smallest absolute Gasteiger partial charge is 0.272 e. The van der Waals surface area contributed by atoms with Gasteiger partial charge >= 0.3 is 0 Å². The van der Waals surface area contributed by atoms with E-state index in [0.717, 1.165) is 5.56 Å². The Kier molecular flexibility index (Phi) is 4.43. The molecule has 4 rings (SSSR count). The second-order valence-corrected chi connectivity index (χ2v) is 8.45. The third-order valence-corrected chi connectivity index (χ3v) is 6.51. The molecule has 1 amide bonds. The summed E-state index contributed by atoms with van der Waals surface area (Å²) in [4.78, 5) is 12.6. The second-order valence-electron chi connectivity index (χ2n) is 6.59. The highest BCUT2D eigenvalue weighted by atomic mass is 32.2. The van der Waals surface area contributed by atoms with Crippen LogP contribution in [-0.2, 0) is 23.5 Å². The molecule has 0 unspecified atom stereocenters. The zero-order valence-corrected chi connectivity index (χ0v) is 15.9. The number of fused-ring (bicyclic) bond motifs is 1. The monoisotopic (exact) mass is 399 g/mol. The molecule has 6 nitrogen and oxygen atoms in total. The highest BCUT2D eigenvalue weighted by Crippen LogP contribution is 2.33. The number of aromatic nitrogens is 1. The molecule has 1 aromatic heterocycles. The molecule has 3 aromatic rings. The number of aryl methyl sites for hydroxylation is 1. The van der Waals surface area contributed by atoms with Crippen molar-refractivity contribution in [1.82, 2.24) is 4.57 Å². The van der Waals surface area contributed by atoms with E-state index in [1.165, 1.54) is 39.3 Å². The van der Waals surface area contributed by atoms with Gasteiger partial charge in [0.15, 0.2) is 0 Å². The van der Waals surface area contributed by atoms with Crippen LogP contribution in [0.15, 0.2) is 65.7 Å². The average Bonchev–Trinajstić information content (AvgIpc) is 3.26. The quantitative estimate of drug-likeness (QED) is 0.733. The summed E-state index contributed by atoms with van der Waals surface area (Å²) >= 11 is 0. The number of benzene rings is 2. The van der Waals surface area contributed by atoms with Crippen LogP contribution in [-0.4, -0.2) is 25.4 Å². The molecular formula is C20H18FN3O3S. The van der Waals surface area contributed by atoms with Gasteiger partial charge in [0, 0.05) is 25.5 Å². The van der Waals surface area contributed by atoms with Crippen LogP contribution in [0.5, 0.6) is 0 Å². The van der Waals surface area contributed by atoms with Crippen LogP contribution in [0.1, 0.15) is 16.1 Å². The van der Waals surface area contributed by atoms with E-state index in [-0.39, 0.29) is 10.6 Å². The van der Waals surface area contributed by atoms with Crippen LogP contribution in [0, 0.1) is 5.82 Å². The molecule has 0 spiro atoms. The molecule has 0 saturated heterocycles. The molecule has 0 atom stereocenters. The molecule has 1 aliphatic rings. The fourth-order valence-corrected chi connectivity index (χ4v) is 4.92. The van der Waals surface area contributed by atoms with Crippen molar-refractivity contribution in [2.45, 2.75) is 11.3 Å². The van der Waals surface area contributed by atoms with Crippen molar-refractivity contribution in [2.75, 3.05) is 16.2 Å². The summed E-state index contributed by atoms with van der Waals surface area (Å²) in [5, 5.41) is 2.58. The van der Waals surface area contributed by atoms with Crippen molar-refractivity contribution in [3.8, 4) is 0 Å². The maximum Gasteiger partial charge on any atom is 0.272 e. The Morgan fingerprint density at radius 1 is 1.11 bits per heavy atom. The number of carbonyl (C=O) groups excluding carboxylic acids is 1. The second kappa shape index (κ2) is 6.79. The third-order valence-electron chi connectivity index (χ3n) is 4.73. The van der Waals surface area contributed by atoms with Crippen molar-refractivity contribution < 1.29 is 17.6 Å². The predicted octanol–water partition coefficient (Wildman–Crippen LogP) is 3.17. The van der Waals surface area contributed by atoms with E-state index >= 15 is 0 Å². The highest BCUT2D eigenvalue weighted by Gasteiger charge is 2.32. The number of nitrogens with zero attached hydrogens (tertiary/aromatic N) is 2. The molecule has 2 aromatic carbocycles. The third kappa shape index (κ3) is 3.16. The van der Waals surface area contributed by atoms with Crippen LogP contribution >= 0.6 is 0 Å².